The van der Waals surface area contributed by atoms with Gasteiger partial charge in [0.15, 0.2) is 0 Å². The molecule has 0 aliphatic carbocycles. The normalized spacial score (nSPS) is 10.6. The fourth-order valence-corrected chi connectivity index (χ4v) is 2.24. The molecule has 1 N–H and O–H groups in total. The van der Waals surface area contributed by atoms with E-state index in [0.29, 0.717) is 17.3 Å². The van der Waals surface area contributed by atoms with E-state index in [-0.39, 0.29) is 11.2 Å². The summed E-state index contributed by atoms with van der Waals surface area (Å²) in [5.41, 5.74) is 0.798. The summed E-state index contributed by atoms with van der Waals surface area (Å²) < 4.78 is 3.30. The molecule has 0 amide bonds. The molecular weight excluding hydrogens is 346 g/mol. The average molecular weight is 359 g/mol. The zero-order chi connectivity index (χ0) is 14.9. The zero-order valence-electron chi connectivity index (χ0n) is 11.0. The molecule has 0 spiro atoms. The minimum absolute atomic E-state index is 0.317. The van der Waals surface area contributed by atoms with Gasteiger partial charge in [-0.1, -0.05) is 11.6 Å². The number of nitrogens with zero attached hydrogens (tertiary/aromatic N) is 2. The second kappa shape index (κ2) is 5.85. The molecule has 1 heterocycles. The van der Waals surface area contributed by atoms with Crippen LogP contribution < -0.4 is 16.6 Å². The first-order valence-electron chi connectivity index (χ1n) is 5.85. The van der Waals surface area contributed by atoms with Gasteiger partial charge in [-0.25, -0.2) is 4.79 Å². The summed E-state index contributed by atoms with van der Waals surface area (Å²) in [5.74, 6) is 0. The summed E-state index contributed by atoms with van der Waals surface area (Å²) in [6, 6.07) is 6.87. The Balaban J connectivity index is 2.25. The molecule has 0 unspecified atom stereocenters. The Bertz CT molecular complexity index is 767. The molecule has 0 atom stereocenters. The first-order valence-corrected chi connectivity index (χ1v) is 7.02. The van der Waals surface area contributed by atoms with Crippen molar-refractivity contribution >= 4 is 33.2 Å². The van der Waals surface area contributed by atoms with E-state index in [4.69, 9.17) is 11.6 Å². The Morgan fingerprint density at radius 1 is 1.20 bits per heavy atom. The molecule has 0 saturated carbocycles. The molecule has 0 saturated heterocycles. The summed E-state index contributed by atoms with van der Waals surface area (Å²) >= 11 is 9.26. The van der Waals surface area contributed by atoms with E-state index < -0.39 is 0 Å². The third kappa shape index (κ3) is 2.96. The van der Waals surface area contributed by atoms with Crippen molar-refractivity contribution in [3.8, 4) is 0 Å². The van der Waals surface area contributed by atoms with Gasteiger partial charge in [0.1, 0.15) is 0 Å². The summed E-state index contributed by atoms with van der Waals surface area (Å²) in [4.78, 5) is 23.4. The summed E-state index contributed by atoms with van der Waals surface area (Å²) in [7, 11) is 3.09. The largest absolute Gasteiger partial charge is 0.379 e. The molecule has 1 aromatic carbocycles. The standard InChI is InChI=1S/C13H13BrClN3O2/c1-17-9(6-12(19)18(2)13(17)20)7-16-8-3-4-11(15)10(14)5-8/h3-6,16H,7H2,1-2H3. The fourth-order valence-electron chi connectivity index (χ4n) is 1.75. The SMILES string of the molecule is Cn1c(CNc2ccc(Cl)c(Br)c2)cc(=O)n(C)c1=O. The maximum absolute atomic E-state index is 11.8. The highest BCUT2D eigenvalue weighted by atomic mass is 79.9. The monoisotopic (exact) mass is 357 g/mol. The predicted molar refractivity (Wildman–Crippen MR) is 83.4 cm³/mol. The number of halogens is 2. The van der Waals surface area contributed by atoms with Crippen LogP contribution in [0.3, 0.4) is 0 Å². The van der Waals surface area contributed by atoms with Gasteiger partial charge in [-0.15, -0.1) is 0 Å². The lowest BCUT2D eigenvalue weighted by Crippen LogP contribution is -2.38. The number of nitrogens with one attached hydrogen (secondary N) is 1. The van der Waals surface area contributed by atoms with Gasteiger partial charge in [0.05, 0.1) is 11.6 Å². The van der Waals surface area contributed by atoms with Crippen molar-refractivity contribution in [1.29, 1.82) is 0 Å². The van der Waals surface area contributed by atoms with Crippen LogP contribution in [0.5, 0.6) is 0 Å². The summed E-state index contributed by atoms with van der Waals surface area (Å²) in [5, 5.41) is 3.77. The molecule has 0 fully saturated rings. The van der Waals surface area contributed by atoms with Crippen molar-refractivity contribution in [2.24, 2.45) is 14.1 Å². The average Bonchev–Trinajstić information content (AvgIpc) is 2.42. The molecule has 20 heavy (non-hydrogen) atoms. The van der Waals surface area contributed by atoms with Crippen LogP contribution in [0.25, 0.3) is 0 Å². The fraction of sp³-hybridized carbons (Fsp3) is 0.231. The smallest absolute Gasteiger partial charge is 0.330 e. The van der Waals surface area contributed by atoms with Crippen LogP contribution in [0.1, 0.15) is 5.69 Å². The maximum Gasteiger partial charge on any atom is 0.330 e. The lowest BCUT2D eigenvalue weighted by Gasteiger charge is -2.11. The number of hydrogen-bond acceptors (Lipinski definition) is 3. The molecule has 7 heteroatoms. The van der Waals surface area contributed by atoms with Crippen LogP contribution in [0.15, 0.2) is 38.3 Å². The first-order chi connectivity index (χ1) is 9.40. The van der Waals surface area contributed by atoms with E-state index in [2.05, 4.69) is 21.2 Å². The second-order valence-corrected chi connectivity index (χ2v) is 5.62. The minimum atomic E-state index is -0.341. The number of anilines is 1. The quantitative estimate of drug-likeness (QED) is 0.914. The molecule has 1 aromatic heterocycles. The molecular formula is C13H13BrClN3O2. The summed E-state index contributed by atoms with van der Waals surface area (Å²) in [6.07, 6.45) is 0. The second-order valence-electron chi connectivity index (χ2n) is 4.36. The highest BCUT2D eigenvalue weighted by Crippen LogP contribution is 2.25. The number of aromatic nitrogens is 2. The Kier molecular flexibility index (Phi) is 4.35. The minimum Gasteiger partial charge on any atom is -0.379 e. The third-order valence-corrected chi connectivity index (χ3v) is 4.23. The van der Waals surface area contributed by atoms with Gasteiger partial charge in [-0.05, 0) is 34.1 Å². The predicted octanol–water partition coefficient (Wildman–Crippen LogP) is 2.11. The van der Waals surface area contributed by atoms with Crippen molar-refractivity contribution in [3.63, 3.8) is 0 Å². The van der Waals surface area contributed by atoms with Gasteiger partial charge >= 0.3 is 5.69 Å². The molecule has 2 rings (SSSR count). The highest BCUT2D eigenvalue weighted by molar-refractivity contribution is 9.10. The van der Waals surface area contributed by atoms with Crippen LogP contribution >= 0.6 is 27.5 Å². The summed E-state index contributed by atoms with van der Waals surface area (Å²) in [6.45, 7) is 0.371. The molecule has 0 bridgehead atoms. The van der Waals surface area contributed by atoms with Gasteiger partial charge in [-0.2, -0.15) is 0 Å². The Labute approximate surface area is 128 Å². The van der Waals surface area contributed by atoms with Gasteiger partial charge in [0.25, 0.3) is 5.56 Å². The van der Waals surface area contributed by atoms with Crippen molar-refractivity contribution in [1.82, 2.24) is 9.13 Å². The van der Waals surface area contributed by atoms with Crippen LogP contribution in [-0.2, 0) is 20.6 Å². The topological polar surface area (TPSA) is 56.0 Å². The van der Waals surface area contributed by atoms with Gasteiger partial charge in [0.2, 0.25) is 0 Å². The molecule has 106 valence electrons. The van der Waals surface area contributed by atoms with Crippen LogP contribution in [0, 0.1) is 0 Å². The Hall–Kier alpha value is -1.53. The molecule has 2 aromatic rings. The van der Waals surface area contributed by atoms with E-state index in [0.717, 1.165) is 14.7 Å². The Morgan fingerprint density at radius 2 is 1.90 bits per heavy atom. The number of rotatable bonds is 3. The molecule has 5 nitrogen and oxygen atoms in total. The zero-order valence-corrected chi connectivity index (χ0v) is 13.3. The van der Waals surface area contributed by atoms with E-state index >= 15 is 0 Å². The van der Waals surface area contributed by atoms with E-state index in [1.165, 1.54) is 17.7 Å². The lowest BCUT2D eigenvalue weighted by molar-refractivity contribution is 0.655. The van der Waals surface area contributed by atoms with Crippen LogP contribution in [0.4, 0.5) is 5.69 Å². The van der Waals surface area contributed by atoms with E-state index in [9.17, 15) is 9.59 Å². The van der Waals surface area contributed by atoms with Gasteiger partial charge in [-0.3, -0.25) is 13.9 Å². The van der Waals surface area contributed by atoms with Crippen LogP contribution in [-0.4, -0.2) is 9.13 Å². The number of hydrogen-bond donors (Lipinski definition) is 1. The van der Waals surface area contributed by atoms with Crippen molar-refractivity contribution in [3.05, 3.63) is 60.3 Å². The van der Waals surface area contributed by atoms with Crippen molar-refractivity contribution in [2.75, 3.05) is 5.32 Å². The number of benzene rings is 1. The van der Waals surface area contributed by atoms with Gasteiger partial charge in [0, 0.05) is 36.0 Å². The Morgan fingerprint density at radius 3 is 2.55 bits per heavy atom. The molecule has 0 aliphatic rings. The van der Waals surface area contributed by atoms with E-state index in [1.54, 1.807) is 13.1 Å². The highest BCUT2D eigenvalue weighted by Gasteiger charge is 2.06. The lowest BCUT2D eigenvalue weighted by atomic mass is 10.3. The van der Waals surface area contributed by atoms with Crippen LogP contribution in [0.2, 0.25) is 5.02 Å². The van der Waals surface area contributed by atoms with E-state index in [1.807, 2.05) is 12.1 Å². The third-order valence-electron chi connectivity index (χ3n) is 3.02. The first kappa shape index (κ1) is 14.9. The maximum atomic E-state index is 11.8. The van der Waals surface area contributed by atoms with Crippen molar-refractivity contribution in [2.45, 2.75) is 6.54 Å². The molecule has 0 aliphatic heterocycles. The van der Waals surface area contributed by atoms with Gasteiger partial charge < -0.3 is 5.32 Å². The molecule has 0 radical (unpaired) electrons. The van der Waals surface area contributed by atoms with Crippen molar-refractivity contribution < 1.29 is 0 Å².